The zero-order valence-electron chi connectivity index (χ0n) is 13.7. The summed E-state index contributed by atoms with van der Waals surface area (Å²) < 4.78 is 1.91. The lowest BCUT2D eigenvalue weighted by molar-refractivity contribution is 0.100. The summed E-state index contributed by atoms with van der Waals surface area (Å²) in [6.45, 7) is 2.82. The molecule has 0 aliphatic rings. The van der Waals surface area contributed by atoms with E-state index in [9.17, 15) is 4.79 Å². The van der Waals surface area contributed by atoms with Crippen molar-refractivity contribution in [2.75, 3.05) is 0 Å². The van der Waals surface area contributed by atoms with Crippen LogP contribution in [0.25, 0.3) is 33.4 Å². The Labute approximate surface area is 144 Å². The Balaban J connectivity index is 1.90. The second-order valence-corrected chi connectivity index (χ2v) is 5.79. The van der Waals surface area contributed by atoms with Gasteiger partial charge in [0, 0.05) is 47.2 Å². The highest BCUT2D eigenvalue weighted by Crippen LogP contribution is 2.34. The lowest BCUT2D eigenvalue weighted by atomic mass is 9.99. The number of nitrogens with zero attached hydrogens (tertiary/aromatic N) is 3. The van der Waals surface area contributed by atoms with Gasteiger partial charge >= 0.3 is 0 Å². The van der Waals surface area contributed by atoms with Crippen molar-refractivity contribution in [2.24, 2.45) is 5.73 Å². The predicted molar refractivity (Wildman–Crippen MR) is 96.9 cm³/mol. The summed E-state index contributed by atoms with van der Waals surface area (Å²) in [5.41, 5.74) is 10.6. The van der Waals surface area contributed by atoms with Crippen molar-refractivity contribution in [1.29, 1.82) is 0 Å². The number of nitrogens with one attached hydrogen (secondary N) is 1. The maximum Gasteiger partial charge on any atom is 0.248 e. The Morgan fingerprint density at radius 3 is 2.68 bits per heavy atom. The topological polar surface area (TPSA) is 89.6 Å². The number of aromatic nitrogens is 4. The molecule has 0 aliphatic heterocycles. The van der Waals surface area contributed by atoms with Gasteiger partial charge in [-0.3, -0.25) is 9.48 Å². The Morgan fingerprint density at radius 2 is 1.96 bits per heavy atom. The van der Waals surface area contributed by atoms with Crippen molar-refractivity contribution in [2.45, 2.75) is 13.5 Å². The van der Waals surface area contributed by atoms with Crippen molar-refractivity contribution in [3.8, 4) is 22.4 Å². The molecule has 0 bridgehead atoms. The molecule has 3 heterocycles. The molecular formula is C19H17N5O. The van der Waals surface area contributed by atoms with Gasteiger partial charge in [-0.15, -0.1) is 0 Å². The van der Waals surface area contributed by atoms with Crippen LogP contribution >= 0.6 is 0 Å². The summed E-state index contributed by atoms with van der Waals surface area (Å²) in [6.07, 6.45) is 5.71. The van der Waals surface area contributed by atoms with Gasteiger partial charge in [-0.05, 0) is 36.8 Å². The van der Waals surface area contributed by atoms with Crippen LogP contribution in [0, 0.1) is 0 Å². The van der Waals surface area contributed by atoms with Crippen LogP contribution in [0.3, 0.4) is 0 Å². The van der Waals surface area contributed by atoms with Crippen LogP contribution in [0.5, 0.6) is 0 Å². The number of carbonyl (C=O) groups is 1. The average Bonchev–Trinajstić information content (AvgIpc) is 3.28. The number of hydrogen-bond donors (Lipinski definition) is 2. The van der Waals surface area contributed by atoms with Gasteiger partial charge < -0.3 is 10.7 Å². The van der Waals surface area contributed by atoms with Gasteiger partial charge in [-0.25, -0.2) is 4.98 Å². The first kappa shape index (κ1) is 15.1. The van der Waals surface area contributed by atoms with Gasteiger partial charge in [0.2, 0.25) is 5.91 Å². The minimum absolute atomic E-state index is 0.436. The molecule has 6 nitrogen and oxygen atoms in total. The van der Waals surface area contributed by atoms with E-state index in [1.54, 1.807) is 18.3 Å². The monoisotopic (exact) mass is 331 g/mol. The quantitative estimate of drug-likeness (QED) is 0.601. The summed E-state index contributed by atoms with van der Waals surface area (Å²) in [5.74, 6) is -0.436. The number of carbonyl (C=O) groups excluding carboxylic acids is 1. The molecular weight excluding hydrogens is 314 g/mol. The number of primary amides is 1. The molecule has 4 aromatic rings. The van der Waals surface area contributed by atoms with E-state index in [1.165, 1.54) is 0 Å². The number of benzene rings is 1. The number of nitrogens with two attached hydrogens (primary N) is 1. The van der Waals surface area contributed by atoms with Crippen LogP contribution in [-0.2, 0) is 6.54 Å². The Morgan fingerprint density at radius 1 is 1.16 bits per heavy atom. The molecule has 0 spiro atoms. The van der Waals surface area contributed by atoms with E-state index >= 15 is 0 Å². The van der Waals surface area contributed by atoms with Crippen molar-refractivity contribution in [3.63, 3.8) is 0 Å². The fourth-order valence-electron chi connectivity index (χ4n) is 2.98. The van der Waals surface area contributed by atoms with Gasteiger partial charge in [0.05, 0.1) is 0 Å². The Bertz CT molecular complexity index is 1060. The number of pyridine rings is 1. The van der Waals surface area contributed by atoms with Crippen molar-refractivity contribution in [1.82, 2.24) is 19.7 Å². The number of aryl methyl sites for hydroxylation is 1. The number of amides is 1. The zero-order chi connectivity index (χ0) is 17.4. The molecule has 0 atom stereocenters. The number of fused-ring (bicyclic) bond motifs is 1. The molecule has 0 saturated carbocycles. The lowest BCUT2D eigenvalue weighted by Gasteiger charge is -2.05. The molecule has 0 fully saturated rings. The van der Waals surface area contributed by atoms with E-state index in [0.29, 0.717) is 5.56 Å². The molecule has 25 heavy (non-hydrogen) atoms. The summed E-state index contributed by atoms with van der Waals surface area (Å²) in [4.78, 5) is 18.8. The minimum Gasteiger partial charge on any atom is -0.366 e. The molecule has 4 rings (SSSR count). The highest BCUT2D eigenvalue weighted by Gasteiger charge is 2.16. The molecule has 0 saturated heterocycles. The normalized spacial score (nSPS) is 11.1. The van der Waals surface area contributed by atoms with Crippen LogP contribution in [0.1, 0.15) is 17.3 Å². The fourth-order valence-corrected chi connectivity index (χ4v) is 2.98. The molecule has 124 valence electrons. The van der Waals surface area contributed by atoms with Gasteiger partial charge in [0.25, 0.3) is 0 Å². The number of hydrogen-bond acceptors (Lipinski definition) is 3. The van der Waals surface area contributed by atoms with Crippen molar-refractivity contribution >= 4 is 16.9 Å². The average molecular weight is 331 g/mol. The standard InChI is InChI=1S/C19H17N5O/c1-2-24-11-16(14-7-9-21-19-15(14)8-10-22-19)17(23-24)12-3-5-13(6-4-12)18(20)25/h3-11H,2H2,1H3,(H2,20,25)(H,21,22). The predicted octanol–water partition coefficient (Wildman–Crippen LogP) is 3.21. The van der Waals surface area contributed by atoms with Crippen LogP contribution in [0.15, 0.2) is 55.0 Å². The van der Waals surface area contributed by atoms with Gasteiger partial charge in [0.15, 0.2) is 0 Å². The molecule has 0 aliphatic carbocycles. The van der Waals surface area contributed by atoms with Crippen molar-refractivity contribution < 1.29 is 4.79 Å². The summed E-state index contributed by atoms with van der Waals surface area (Å²) in [6, 6.07) is 11.2. The van der Waals surface area contributed by atoms with E-state index in [1.807, 2.05) is 41.3 Å². The SMILES string of the molecule is CCn1cc(-c2ccnc3[nH]ccc23)c(-c2ccc(C(N)=O)cc2)n1. The Kier molecular flexibility index (Phi) is 3.57. The largest absolute Gasteiger partial charge is 0.366 e. The van der Waals surface area contributed by atoms with Gasteiger partial charge in [0.1, 0.15) is 11.3 Å². The highest BCUT2D eigenvalue weighted by molar-refractivity contribution is 5.97. The first-order valence-corrected chi connectivity index (χ1v) is 8.07. The molecule has 0 radical (unpaired) electrons. The maximum absolute atomic E-state index is 11.3. The molecule has 6 heteroatoms. The van der Waals surface area contributed by atoms with E-state index in [2.05, 4.69) is 16.9 Å². The van der Waals surface area contributed by atoms with E-state index in [-0.39, 0.29) is 0 Å². The number of aromatic amines is 1. The van der Waals surface area contributed by atoms with E-state index in [4.69, 9.17) is 10.8 Å². The third-order valence-corrected chi connectivity index (χ3v) is 4.28. The van der Waals surface area contributed by atoms with E-state index in [0.717, 1.165) is 40.0 Å². The molecule has 3 N–H and O–H groups in total. The highest BCUT2D eigenvalue weighted by atomic mass is 16.1. The maximum atomic E-state index is 11.3. The summed E-state index contributed by atoms with van der Waals surface area (Å²) in [7, 11) is 0. The molecule has 1 aromatic carbocycles. The van der Waals surface area contributed by atoms with Gasteiger partial charge in [-0.2, -0.15) is 5.10 Å². The second kappa shape index (κ2) is 5.90. The number of rotatable bonds is 4. The van der Waals surface area contributed by atoms with Gasteiger partial charge in [-0.1, -0.05) is 12.1 Å². The number of H-pyrrole nitrogens is 1. The molecule has 3 aromatic heterocycles. The van der Waals surface area contributed by atoms with Crippen LogP contribution in [0.4, 0.5) is 0 Å². The molecule has 0 unspecified atom stereocenters. The smallest absolute Gasteiger partial charge is 0.248 e. The zero-order valence-corrected chi connectivity index (χ0v) is 13.7. The third-order valence-electron chi connectivity index (χ3n) is 4.28. The minimum atomic E-state index is -0.436. The van der Waals surface area contributed by atoms with Crippen LogP contribution in [-0.4, -0.2) is 25.7 Å². The Hall–Kier alpha value is -3.41. The van der Waals surface area contributed by atoms with Crippen molar-refractivity contribution in [3.05, 3.63) is 60.6 Å². The van der Waals surface area contributed by atoms with E-state index < -0.39 is 5.91 Å². The summed E-state index contributed by atoms with van der Waals surface area (Å²) in [5, 5.41) is 5.76. The lowest BCUT2D eigenvalue weighted by Crippen LogP contribution is -2.10. The van der Waals surface area contributed by atoms with Crippen LogP contribution in [0.2, 0.25) is 0 Å². The molecule has 1 amide bonds. The third kappa shape index (κ3) is 2.57. The first-order chi connectivity index (χ1) is 12.2. The van der Waals surface area contributed by atoms with Crippen LogP contribution < -0.4 is 5.73 Å². The summed E-state index contributed by atoms with van der Waals surface area (Å²) >= 11 is 0. The first-order valence-electron chi connectivity index (χ1n) is 8.07. The second-order valence-electron chi connectivity index (χ2n) is 5.79. The fraction of sp³-hybridized carbons (Fsp3) is 0.105.